The summed E-state index contributed by atoms with van der Waals surface area (Å²) in [6.07, 6.45) is 0.479. The second kappa shape index (κ2) is 15.3. The number of nitrogens with one attached hydrogen (secondary N) is 1. The Morgan fingerprint density at radius 3 is 2.24 bits per heavy atom. The van der Waals surface area contributed by atoms with Crippen LogP contribution in [0.15, 0.2) is 78.9 Å². The summed E-state index contributed by atoms with van der Waals surface area (Å²) in [7, 11) is 0. The second-order valence-corrected chi connectivity index (χ2v) is 14.9. The van der Waals surface area contributed by atoms with Gasteiger partial charge in [0.1, 0.15) is 11.4 Å². The standard InChI is InChI=1S/C42H49FN2O6/c1-26(2)38-37(40(48)44-32-16-12-15-30(23-32)27(3)46)36(28-13-10-9-11-14-28)39(29-17-19-31(43)20-18-29)45(38)22-21-33-24-34(50-42(7,8)49-33)25-35(47)51-41(4,5)6/h9-20,23,26,33-34H,21-22,24-25H2,1-8H3,(H,44,48). The smallest absolute Gasteiger partial charge is 0.308 e. The minimum atomic E-state index is -0.929. The fraction of sp³-hybridized carbons (Fsp3) is 0.405. The van der Waals surface area contributed by atoms with E-state index in [1.54, 1.807) is 36.4 Å². The summed E-state index contributed by atoms with van der Waals surface area (Å²) in [6.45, 7) is 15.3. The molecule has 1 aromatic heterocycles. The molecule has 0 spiro atoms. The Morgan fingerprint density at radius 2 is 1.61 bits per heavy atom. The normalized spacial score (nSPS) is 17.3. The van der Waals surface area contributed by atoms with Crippen molar-refractivity contribution in [2.75, 3.05) is 5.32 Å². The van der Waals surface area contributed by atoms with Crippen LogP contribution in [0.4, 0.5) is 10.1 Å². The van der Waals surface area contributed by atoms with Crippen LogP contribution < -0.4 is 5.32 Å². The number of rotatable bonds is 11. The van der Waals surface area contributed by atoms with Crippen molar-refractivity contribution in [1.82, 2.24) is 4.57 Å². The third-order valence-corrected chi connectivity index (χ3v) is 8.70. The van der Waals surface area contributed by atoms with Gasteiger partial charge in [0.15, 0.2) is 11.6 Å². The molecule has 1 N–H and O–H groups in total. The van der Waals surface area contributed by atoms with Crippen LogP contribution in [-0.2, 0) is 25.5 Å². The molecular weight excluding hydrogens is 647 g/mol. The predicted octanol–water partition coefficient (Wildman–Crippen LogP) is 9.57. The van der Waals surface area contributed by atoms with E-state index in [1.165, 1.54) is 19.1 Å². The van der Waals surface area contributed by atoms with Crippen LogP contribution in [0.5, 0.6) is 0 Å². The molecule has 1 saturated heterocycles. The second-order valence-electron chi connectivity index (χ2n) is 14.9. The van der Waals surface area contributed by atoms with Gasteiger partial charge in [0, 0.05) is 35.5 Å². The van der Waals surface area contributed by atoms with Gasteiger partial charge in [-0.2, -0.15) is 0 Å². The first-order valence-electron chi connectivity index (χ1n) is 17.6. The number of hydrogen-bond acceptors (Lipinski definition) is 6. The molecule has 1 fully saturated rings. The summed E-state index contributed by atoms with van der Waals surface area (Å²) in [5.74, 6) is -2.14. The van der Waals surface area contributed by atoms with Crippen LogP contribution in [0, 0.1) is 5.82 Å². The Labute approximate surface area is 300 Å². The van der Waals surface area contributed by atoms with Crippen molar-refractivity contribution >= 4 is 23.3 Å². The highest BCUT2D eigenvalue weighted by atomic mass is 19.1. The monoisotopic (exact) mass is 696 g/mol. The van der Waals surface area contributed by atoms with Gasteiger partial charge in [-0.15, -0.1) is 0 Å². The number of hydrogen-bond donors (Lipinski definition) is 1. The number of carbonyl (C=O) groups excluding carboxylic acids is 3. The maximum Gasteiger partial charge on any atom is 0.308 e. The minimum absolute atomic E-state index is 0.0991. The van der Waals surface area contributed by atoms with Crippen LogP contribution >= 0.6 is 0 Å². The average molecular weight is 697 g/mol. The molecule has 2 atom stereocenters. The Balaban J connectivity index is 1.60. The summed E-state index contributed by atoms with van der Waals surface area (Å²) < 4.78 is 34.6. The van der Waals surface area contributed by atoms with E-state index in [4.69, 9.17) is 14.2 Å². The molecule has 51 heavy (non-hydrogen) atoms. The highest BCUT2D eigenvalue weighted by molar-refractivity contribution is 6.13. The first-order chi connectivity index (χ1) is 24.0. The highest BCUT2D eigenvalue weighted by Crippen LogP contribution is 2.43. The number of carbonyl (C=O) groups is 3. The molecule has 3 aromatic carbocycles. The number of aromatic nitrogens is 1. The molecule has 5 rings (SSSR count). The van der Waals surface area contributed by atoms with Crippen LogP contribution in [0.2, 0.25) is 0 Å². The number of benzene rings is 3. The number of ketones is 1. The maximum atomic E-state index is 14.5. The molecule has 1 aliphatic rings. The van der Waals surface area contributed by atoms with E-state index in [1.807, 2.05) is 78.8 Å². The van der Waals surface area contributed by atoms with Gasteiger partial charge in [-0.1, -0.05) is 56.3 Å². The quantitative estimate of drug-likeness (QED) is 0.124. The van der Waals surface area contributed by atoms with Gasteiger partial charge < -0.3 is 24.1 Å². The van der Waals surface area contributed by atoms with Crippen LogP contribution in [0.3, 0.4) is 0 Å². The lowest BCUT2D eigenvalue weighted by molar-refractivity contribution is -0.301. The molecule has 9 heteroatoms. The largest absolute Gasteiger partial charge is 0.460 e. The van der Waals surface area contributed by atoms with Gasteiger partial charge >= 0.3 is 5.97 Å². The van der Waals surface area contributed by atoms with Crippen molar-refractivity contribution in [2.45, 2.75) is 111 Å². The van der Waals surface area contributed by atoms with Gasteiger partial charge in [0.2, 0.25) is 0 Å². The molecule has 0 aliphatic carbocycles. The van der Waals surface area contributed by atoms with Crippen molar-refractivity contribution < 1.29 is 33.0 Å². The van der Waals surface area contributed by atoms with Crippen LogP contribution in [-0.4, -0.2) is 45.8 Å². The number of Topliss-reactive ketones (excluding diaryl/α,β-unsaturated/α-hetero) is 1. The Morgan fingerprint density at radius 1 is 0.941 bits per heavy atom. The SMILES string of the molecule is CC(=O)c1cccc(NC(=O)c2c(-c3ccccc3)c(-c3ccc(F)cc3)n(CCC3CC(CC(=O)OC(C)(C)C)OC(C)(C)O3)c2C(C)C)c1. The van der Waals surface area contributed by atoms with Gasteiger partial charge in [-0.25, -0.2) is 4.39 Å². The van der Waals surface area contributed by atoms with Crippen LogP contribution in [0.1, 0.15) is 107 Å². The number of halogens is 1. The number of amides is 1. The molecule has 1 aliphatic heterocycles. The van der Waals surface area contributed by atoms with E-state index in [0.29, 0.717) is 36.2 Å². The highest BCUT2D eigenvalue weighted by Gasteiger charge is 2.38. The van der Waals surface area contributed by atoms with Crippen molar-refractivity contribution in [1.29, 1.82) is 0 Å². The molecule has 2 unspecified atom stereocenters. The summed E-state index contributed by atoms with van der Waals surface area (Å²) in [5, 5.41) is 3.07. The molecule has 270 valence electrons. The fourth-order valence-electron chi connectivity index (χ4n) is 6.87. The lowest BCUT2D eigenvalue weighted by atomic mass is 9.94. The van der Waals surface area contributed by atoms with Crippen molar-refractivity contribution in [3.05, 3.63) is 102 Å². The average Bonchev–Trinajstić information content (AvgIpc) is 3.38. The molecule has 2 heterocycles. The summed E-state index contributed by atoms with van der Waals surface area (Å²) in [6, 6.07) is 22.9. The van der Waals surface area contributed by atoms with Crippen molar-refractivity contribution in [2.24, 2.45) is 0 Å². The molecular formula is C42H49FN2O6. The molecule has 8 nitrogen and oxygen atoms in total. The van der Waals surface area contributed by atoms with E-state index >= 15 is 0 Å². The van der Waals surface area contributed by atoms with Gasteiger partial charge in [-0.3, -0.25) is 14.4 Å². The van der Waals surface area contributed by atoms with E-state index in [9.17, 15) is 18.8 Å². The maximum absolute atomic E-state index is 14.5. The summed E-state index contributed by atoms with van der Waals surface area (Å²) in [5.41, 5.74) is 4.80. The van der Waals surface area contributed by atoms with Crippen molar-refractivity contribution in [3.63, 3.8) is 0 Å². The number of ether oxygens (including phenoxy) is 3. The first kappa shape index (κ1) is 37.7. The Kier molecular flexibility index (Phi) is 11.3. The van der Waals surface area contributed by atoms with Crippen LogP contribution in [0.25, 0.3) is 22.4 Å². The third-order valence-electron chi connectivity index (χ3n) is 8.70. The van der Waals surface area contributed by atoms with E-state index in [0.717, 1.165) is 28.1 Å². The number of nitrogens with zero attached hydrogens (tertiary/aromatic N) is 1. The zero-order valence-electron chi connectivity index (χ0n) is 30.8. The van der Waals surface area contributed by atoms with Crippen molar-refractivity contribution in [3.8, 4) is 22.4 Å². The van der Waals surface area contributed by atoms with Gasteiger partial charge in [-0.05, 0) is 101 Å². The van der Waals surface area contributed by atoms with E-state index < -0.39 is 17.5 Å². The predicted molar refractivity (Wildman–Crippen MR) is 197 cm³/mol. The summed E-state index contributed by atoms with van der Waals surface area (Å²) >= 11 is 0. The molecule has 0 saturated carbocycles. The zero-order valence-corrected chi connectivity index (χ0v) is 30.8. The first-order valence-corrected chi connectivity index (χ1v) is 17.6. The Hall–Kier alpha value is -4.60. The topological polar surface area (TPSA) is 95.9 Å². The molecule has 1 amide bonds. The molecule has 0 bridgehead atoms. The lowest BCUT2D eigenvalue weighted by Crippen LogP contribution is -2.46. The van der Waals surface area contributed by atoms with Gasteiger partial charge in [0.05, 0.1) is 29.9 Å². The fourth-order valence-corrected chi connectivity index (χ4v) is 6.87. The van der Waals surface area contributed by atoms with E-state index in [-0.39, 0.29) is 41.9 Å². The molecule has 0 radical (unpaired) electrons. The number of anilines is 1. The van der Waals surface area contributed by atoms with Gasteiger partial charge in [0.25, 0.3) is 5.91 Å². The minimum Gasteiger partial charge on any atom is -0.460 e. The number of esters is 1. The Bertz CT molecular complexity index is 1870. The lowest BCUT2D eigenvalue weighted by Gasteiger charge is -2.41. The molecule has 4 aromatic rings. The zero-order chi connectivity index (χ0) is 37.1. The third kappa shape index (κ3) is 9.40. The van der Waals surface area contributed by atoms with E-state index in [2.05, 4.69) is 9.88 Å². The summed E-state index contributed by atoms with van der Waals surface area (Å²) in [4.78, 5) is 39.5.